The van der Waals surface area contributed by atoms with Gasteiger partial charge in [-0.25, -0.2) is 0 Å². The Hall–Kier alpha value is -2.57. The zero-order valence-corrected chi connectivity index (χ0v) is 14.4. The van der Waals surface area contributed by atoms with E-state index < -0.39 is 6.10 Å². The Morgan fingerprint density at radius 2 is 1.96 bits per heavy atom. The lowest BCUT2D eigenvalue weighted by atomic mass is 9.96. The van der Waals surface area contributed by atoms with Crippen LogP contribution in [0.4, 0.5) is 5.69 Å². The van der Waals surface area contributed by atoms with E-state index in [1.165, 1.54) is 11.6 Å². The quantitative estimate of drug-likeness (QED) is 0.596. The number of hydrogen-bond donors (Lipinski definition) is 4. The molecule has 0 radical (unpaired) electrons. The molecule has 1 saturated carbocycles. The van der Waals surface area contributed by atoms with Crippen molar-refractivity contribution < 1.29 is 19.7 Å². The number of carbonyl (C=O) groups is 1. The van der Waals surface area contributed by atoms with Gasteiger partial charge in [0.1, 0.15) is 11.4 Å². The molecule has 4 N–H and O–H groups in total. The summed E-state index contributed by atoms with van der Waals surface area (Å²) in [5, 5.41) is 26.4. The Labute approximate surface area is 151 Å². The number of amides is 1. The van der Waals surface area contributed by atoms with Gasteiger partial charge < -0.3 is 25.6 Å². The normalized spacial score (nSPS) is 18.4. The standard InChI is InChI=1S/C20H22N2O4/c23-15-7-6-14(19-18(15)22-17(25)11-26-19)16(24)10-21-12-20(8-9-20)13-4-2-1-3-5-13/h1-7,16,21,23-24H,8-12H2,(H,22,25). The van der Waals surface area contributed by atoms with Gasteiger partial charge in [-0.3, -0.25) is 4.79 Å². The molecule has 1 aliphatic carbocycles. The molecule has 1 unspecified atom stereocenters. The summed E-state index contributed by atoms with van der Waals surface area (Å²) in [4.78, 5) is 11.5. The molecule has 26 heavy (non-hydrogen) atoms. The fourth-order valence-corrected chi connectivity index (χ4v) is 3.51. The Balaban J connectivity index is 1.43. The summed E-state index contributed by atoms with van der Waals surface area (Å²) >= 11 is 0. The molecular weight excluding hydrogens is 332 g/mol. The van der Waals surface area contributed by atoms with Gasteiger partial charge in [0, 0.05) is 24.1 Å². The van der Waals surface area contributed by atoms with Crippen LogP contribution in [0.2, 0.25) is 0 Å². The van der Waals surface area contributed by atoms with Crippen molar-refractivity contribution >= 4 is 11.6 Å². The highest BCUT2D eigenvalue weighted by Gasteiger charge is 2.43. The molecule has 4 rings (SSSR count). The van der Waals surface area contributed by atoms with Crippen LogP contribution in [-0.2, 0) is 10.2 Å². The average Bonchev–Trinajstić information content (AvgIpc) is 3.44. The molecule has 6 nitrogen and oxygen atoms in total. The minimum absolute atomic E-state index is 0.0713. The highest BCUT2D eigenvalue weighted by molar-refractivity contribution is 5.97. The van der Waals surface area contributed by atoms with Gasteiger partial charge in [0.15, 0.2) is 12.4 Å². The maximum atomic E-state index is 11.5. The predicted molar refractivity (Wildman–Crippen MR) is 97.4 cm³/mol. The third-order valence-corrected chi connectivity index (χ3v) is 5.18. The number of phenols is 1. The zero-order chi connectivity index (χ0) is 18.1. The van der Waals surface area contributed by atoms with Crippen molar-refractivity contribution in [2.45, 2.75) is 24.4 Å². The molecule has 6 heteroatoms. The summed E-state index contributed by atoms with van der Waals surface area (Å²) in [5.74, 6) is -0.0582. The third kappa shape index (κ3) is 3.13. The zero-order valence-electron chi connectivity index (χ0n) is 14.4. The number of rotatable bonds is 6. The fourth-order valence-electron chi connectivity index (χ4n) is 3.51. The van der Waals surface area contributed by atoms with Gasteiger partial charge in [0.05, 0.1) is 6.10 Å². The number of aliphatic hydroxyl groups is 1. The number of hydrogen-bond acceptors (Lipinski definition) is 5. The lowest BCUT2D eigenvalue weighted by Gasteiger charge is -2.24. The highest BCUT2D eigenvalue weighted by atomic mass is 16.5. The number of ether oxygens (including phenoxy) is 1. The van der Waals surface area contributed by atoms with Crippen LogP contribution in [0.1, 0.15) is 30.1 Å². The second kappa shape index (κ2) is 6.63. The molecule has 2 aromatic carbocycles. The fraction of sp³-hybridized carbons (Fsp3) is 0.350. The van der Waals surface area contributed by atoms with E-state index >= 15 is 0 Å². The lowest BCUT2D eigenvalue weighted by Crippen LogP contribution is -2.31. The molecule has 2 aromatic rings. The van der Waals surface area contributed by atoms with Crippen LogP contribution in [0.15, 0.2) is 42.5 Å². The first-order valence-corrected chi connectivity index (χ1v) is 8.82. The SMILES string of the molecule is O=C1COc2c(C(O)CNCC3(c4ccccc4)CC3)ccc(O)c2N1. The maximum absolute atomic E-state index is 11.5. The molecule has 0 spiro atoms. The second-order valence-corrected chi connectivity index (χ2v) is 7.01. The van der Waals surface area contributed by atoms with Gasteiger partial charge in [0.25, 0.3) is 5.91 Å². The maximum Gasteiger partial charge on any atom is 0.262 e. The monoisotopic (exact) mass is 354 g/mol. The molecule has 136 valence electrons. The van der Waals surface area contributed by atoms with Gasteiger partial charge in [-0.1, -0.05) is 30.3 Å². The number of phenolic OH excluding ortho intramolecular Hbond substituents is 1. The Morgan fingerprint density at radius 3 is 2.69 bits per heavy atom. The number of anilines is 1. The molecule has 1 heterocycles. The predicted octanol–water partition coefficient (Wildman–Crippen LogP) is 2.08. The Kier molecular flexibility index (Phi) is 4.30. The first-order valence-electron chi connectivity index (χ1n) is 8.82. The van der Waals surface area contributed by atoms with Crippen molar-refractivity contribution in [3.8, 4) is 11.5 Å². The minimum atomic E-state index is -0.800. The van der Waals surface area contributed by atoms with Crippen molar-refractivity contribution in [2.24, 2.45) is 0 Å². The van der Waals surface area contributed by atoms with Crippen LogP contribution in [0, 0.1) is 0 Å². The van der Waals surface area contributed by atoms with Crippen molar-refractivity contribution in [3.63, 3.8) is 0 Å². The third-order valence-electron chi connectivity index (χ3n) is 5.18. The van der Waals surface area contributed by atoms with Gasteiger partial charge >= 0.3 is 0 Å². The van der Waals surface area contributed by atoms with Crippen molar-refractivity contribution in [2.75, 3.05) is 25.0 Å². The van der Waals surface area contributed by atoms with E-state index in [9.17, 15) is 15.0 Å². The number of benzene rings is 2. The van der Waals surface area contributed by atoms with E-state index in [2.05, 4.69) is 34.9 Å². The van der Waals surface area contributed by atoms with Crippen molar-refractivity contribution in [1.82, 2.24) is 5.32 Å². The molecule has 1 fully saturated rings. The molecule has 1 aliphatic heterocycles. The van der Waals surface area contributed by atoms with Gasteiger partial charge in [-0.15, -0.1) is 0 Å². The molecule has 0 bridgehead atoms. The summed E-state index contributed by atoms with van der Waals surface area (Å²) in [6.45, 7) is 1.04. The summed E-state index contributed by atoms with van der Waals surface area (Å²) in [6, 6.07) is 13.5. The van der Waals surface area contributed by atoms with Crippen LogP contribution in [0.25, 0.3) is 0 Å². The lowest BCUT2D eigenvalue weighted by molar-refractivity contribution is -0.118. The number of fused-ring (bicyclic) bond motifs is 1. The molecule has 1 atom stereocenters. The Morgan fingerprint density at radius 1 is 1.19 bits per heavy atom. The highest BCUT2D eigenvalue weighted by Crippen LogP contribution is 2.47. The minimum Gasteiger partial charge on any atom is -0.506 e. The van der Waals surface area contributed by atoms with E-state index in [1.54, 1.807) is 6.07 Å². The van der Waals surface area contributed by atoms with E-state index in [1.807, 2.05) is 6.07 Å². The van der Waals surface area contributed by atoms with Crippen LogP contribution >= 0.6 is 0 Å². The van der Waals surface area contributed by atoms with Gasteiger partial charge in [-0.05, 0) is 30.5 Å². The average molecular weight is 354 g/mol. The van der Waals surface area contributed by atoms with E-state index in [4.69, 9.17) is 4.74 Å². The molecule has 2 aliphatic rings. The van der Waals surface area contributed by atoms with Crippen molar-refractivity contribution in [3.05, 3.63) is 53.6 Å². The van der Waals surface area contributed by atoms with E-state index in [0.717, 1.165) is 19.4 Å². The van der Waals surface area contributed by atoms with E-state index in [-0.39, 0.29) is 29.4 Å². The Bertz CT molecular complexity index is 818. The van der Waals surface area contributed by atoms with Crippen LogP contribution in [-0.4, -0.2) is 35.8 Å². The molecule has 0 aromatic heterocycles. The van der Waals surface area contributed by atoms with Crippen LogP contribution in [0.5, 0.6) is 11.5 Å². The summed E-state index contributed by atoms with van der Waals surface area (Å²) < 4.78 is 5.44. The van der Waals surface area contributed by atoms with Crippen LogP contribution < -0.4 is 15.4 Å². The second-order valence-electron chi connectivity index (χ2n) is 7.01. The van der Waals surface area contributed by atoms with E-state index in [0.29, 0.717) is 17.9 Å². The van der Waals surface area contributed by atoms with Gasteiger partial charge in [-0.2, -0.15) is 0 Å². The molecule has 1 amide bonds. The smallest absolute Gasteiger partial charge is 0.262 e. The molecular formula is C20H22N2O4. The number of carbonyl (C=O) groups excluding carboxylic acids is 1. The summed E-state index contributed by atoms with van der Waals surface area (Å²) in [6.07, 6.45) is 1.49. The number of aliphatic hydroxyl groups excluding tert-OH is 1. The first-order chi connectivity index (χ1) is 12.6. The summed E-state index contributed by atoms with van der Waals surface area (Å²) in [5.41, 5.74) is 2.27. The number of nitrogens with one attached hydrogen (secondary N) is 2. The number of aromatic hydroxyl groups is 1. The summed E-state index contributed by atoms with van der Waals surface area (Å²) in [7, 11) is 0. The topological polar surface area (TPSA) is 90.8 Å². The van der Waals surface area contributed by atoms with Crippen LogP contribution in [0.3, 0.4) is 0 Å². The molecule has 0 saturated heterocycles. The first kappa shape index (κ1) is 16.9. The largest absolute Gasteiger partial charge is 0.506 e. The van der Waals surface area contributed by atoms with Crippen molar-refractivity contribution in [1.29, 1.82) is 0 Å². The van der Waals surface area contributed by atoms with Gasteiger partial charge in [0.2, 0.25) is 0 Å².